The van der Waals surface area contributed by atoms with E-state index in [0.29, 0.717) is 18.9 Å². The number of hydrogen-bond donors (Lipinski definition) is 3. The van der Waals surface area contributed by atoms with Crippen molar-refractivity contribution in [2.24, 2.45) is 0 Å². The predicted octanol–water partition coefficient (Wildman–Crippen LogP) is 1.54. The fourth-order valence-corrected chi connectivity index (χ4v) is 3.94. The first-order valence-corrected chi connectivity index (χ1v) is 10.1. The number of nitrogens with zero attached hydrogens (tertiary/aromatic N) is 2. The molecule has 8 nitrogen and oxygen atoms in total. The van der Waals surface area contributed by atoms with E-state index in [-0.39, 0.29) is 35.2 Å². The molecule has 2 aliphatic rings. The number of piperidine rings is 1. The van der Waals surface area contributed by atoms with Gasteiger partial charge >= 0.3 is 0 Å². The number of carbonyl (C=O) groups excluding carboxylic acids is 2. The van der Waals surface area contributed by atoms with Crippen molar-refractivity contribution in [1.82, 2.24) is 15.3 Å². The molecule has 1 fully saturated rings. The normalized spacial score (nSPS) is 18.7. The summed E-state index contributed by atoms with van der Waals surface area (Å²) in [5.41, 5.74) is 0.988. The predicted molar refractivity (Wildman–Crippen MR) is 110 cm³/mol. The summed E-state index contributed by atoms with van der Waals surface area (Å²) in [6.45, 7) is 2.08. The van der Waals surface area contributed by atoms with Gasteiger partial charge in [-0.25, -0.2) is 0 Å². The van der Waals surface area contributed by atoms with Crippen molar-refractivity contribution in [1.29, 1.82) is 0 Å². The molecule has 1 atom stereocenters. The number of carbonyl (C=O) groups is 2. The third kappa shape index (κ3) is 4.31. The maximum absolute atomic E-state index is 12.8. The first-order chi connectivity index (χ1) is 14.1. The summed E-state index contributed by atoms with van der Waals surface area (Å²) < 4.78 is 0. The Morgan fingerprint density at radius 1 is 1.14 bits per heavy atom. The van der Waals surface area contributed by atoms with Crippen LogP contribution in [0.25, 0.3) is 0 Å². The van der Waals surface area contributed by atoms with Crippen LogP contribution in [0.5, 0.6) is 0 Å². The molecule has 1 saturated heterocycles. The number of amides is 2. The Morgan fingerprint density at radius 2 is 1.90 bits per heavy atom. The van der Waals surface area contributed by atoms with Gasteiger partial charge in [-0.15, -0.1) is 0 Å². The van der Waals surface area contributed by atoms with Gasteiger partial charge in [-0.05, 0) is 31.2 Å². The Kier molecular flexibility index (Phi) is 5.59. The molecule has 0 radical (unpaired) electrons. The molecule has 0 aliphatic carbocycles. The van der Waals surface area contributed by atoms with Gasteiger partial charge in [0.1, 0.15) is 5.82 Å². The minimum atomic E-state index is -0.832. The van der Waals surface area contributed by atoms with Gasteiger partial charge in [0.25, 0.3) is 5.56 Å². The number of hydrogen-bond acceptors (Lipinski definition) is 5. The van der Waals surface area contributed by atoms with Crippen LogP contribution in [0.2, 0.25) is 0 Å². The van der Waals surface area contributed by atoms with Gasteiger partial charge in [0.15, 0.2) is 0 Å². The zero-order valence-electron chi connectivity index (χ0n) is 16.2. The molecule has 1 aromatic heterocycles. The third-order valence-electron chi connectivity index (χ3n) is 5.47. The average Bonchev–Trinajstić information content (AvgIpc) is 2.74. The van der Waals surface area contributed by atoms with Gasteiger partial charge in [-0.2, -0.15) is 4.98 Å². The van der Waals surface area contributed by atoms with Crippen molar-refractivity contribution in [2.75, 3.05) is 29.9 Å². The van der Waals surface area contributed by atoms with Crippen LogP contribution in [-0.2, 0) is 16.0 Å². The molecule has 152 valence electrons. The second-order valence-electron chi connectivity index (χ2n) is 7.53. The molecule has 0 bridgehead atoms. The van der Waals surface area contributed by atoms with Crippen LogP contribution in [0, 0.1) is 0 Å². The first-order valence-electron chi connectivity index (χ1n) is 10.1. The van der Waals surface area contributed by atoms with Crippen LogP contribution < -0.4 is 21.1 Å². The second kappa shape index (κ2) is 8.46. The SMILES string of the molecule is O=C1C[C@H](C(=O)NCCc2ccccc2)c2c(nc(N3CCCCC3)[nH]c2=O)N1. The number of H-pyrrole nitrogens is 1. The number of fused-ring (bicyclic) bond motifs is 1. The maximum atomic E-state index is 12.8. The molecule has 29 heavy (non-hydrogen) atoms. The highest BCUT2D eigenvalue weighted by Gasteiger charge is 2.35. The minimum absolute atomic E-state index is 0.0575. The molecule has 4 rings (SSSR count). The van der Waals surface area contributed by atoms with E-state index in [1.54, 1.807) is 0 Å². The van der Waals surface area contributed by atoms with Gasteiger partial charge in [-0.3, -0.25) is 19.4 Å². The summed E-state index contributed by atoms with van der Waals surface area (Å²) in [7, 11) is 0. The molecule has 1 aromatic carbocycles. The molecular formula is C21H25N5O3. The molecule has 3 heterocycles. The van der Waals surface area contributed by atoms with Crippen molar-refractivity contribution in [3.05, 3.63) is 51.8 Å². The Morgan fingerprint density at radius 3 is 2.66 bits per heavy atom. The number of aromatic nitrogens is 2. The standard InChI is InChI=1S/C21H25N5O3/c27-16-13-15(19(28)22-10-9-14-7-3-1-4-8-14)17-18(23-16)24-21(25-20(17)29)26-11-5-2-6-12-26/h1,3-4,7-8,15H,2,5-6,9-13H2,(H,22,28)(H2,23,24,25,27,29)/t15-/m0/s1. The number of nitrogens with one attached hydrogen (secondary N) is 3. The number of benzene rings is 1. The van der Waals surface area contributed by atoms with Crippen molar-refractivity contribution >= 4 is 23.6 Å². The van der Waals surface area contributed by atoms with Gasteiger partial charge in [0, 0.05) is 26.1 Å². The van der Waals surface area contributed by atoms with Gasteiger partial charge in [0.2, 0.25) is 17.8 Å². The molecule has 0 saturated carbocycles. The second-order valence-corrected chi connectivity index (χ2v) is 7.53. The van der Waals surface area contributed by atoms with Crippen LogP contribution >= 0.6 is 0 Å². The molecule has 2 aliphatic heterocycles. The largest absolute Gasteiger partial charge is 0.355 e. The lowest BCUT2D eigenvalue weighted by Gasteiger charge is -2.29. The summed E-state index contributed by atoms with van der Waals surface area (Å²) in [5, 5.41) is 5.53. The number of aromatic amines is 1. The molecular weight excluding hydrogens is 370 g/mol. The van der Waals surface area contributed by atoms with Crippen molar-refractivity contribution < 1.29 is 9.59 Å². The van der Waals surface area contributed by atoms with Crippen molar-refractivity contribution in [3.63, 3.8) is 0 Å². The number of rotatable bonds is 5. The smallest absolute Gasteiger partial charge is 0.258 e. The van der Waals surface area contributed by atoms with Crippen LogP contribution in [0.3, 0.4) is 0 Å². The highest BCUT2D eigenvalue weighted by Crippen LogP contribution is 2.29. The van der Waals surface area contributed by atoms with Gasteiger partial charge in [-0.1, -0.05) is 30.3 Å². The minimum Gasteiger partial charge on any atom is -0.355 e. The van der Waals surface area contributed by atoms with Gasteiger partial charge < -0.3 is 15.5 Å². The molecule has 0 spiro atoms. The van der Waals surface area contributed by atoms with E-state index in [0.717, 1.165) is 37.9 Å². The average molecular weight is 395 g/mol. The highest BCUT2D eigenvalue weighted by atomic mass is 16.2. The fraction of sp³-hybridized carbons (Fsp3) is 0.429. The Bertz CT molecular complexity index is 951. The van der Waals surface area contributed by atoms with Crippen molar-refractivity contribution in [2.45, 2.75) is 38.0 Å². The monoisotopic (exact) mass is 395 g/mol. The Hall–Kier alpha value is -3.16. The van der Waals surface area contributed by atoms with Crippen molar-refractivity contribution in [3.8, 4) is 0 Å². The highest BCUT2D eigenvalue weighted by molar-refractivity contribution is 6.00. The summed E-state index contributed by atoms with van der Waals surface area (Å²) in [4.78, 5) is 47.0. The molecule has 8 heteroatoms. The summed E-state index contributed by atoms with van der Waals surface area (Å²) in [6.07, 6.45) is 3.87. The van der Waals surface area contributed by atoms with E-state index < -0.39 is 5.92 Å². The van der Waals surface area contributed by atoms with E-state index >= 15 is 0 Å². The quantitative estimate of drug-likeness (QED) is 0.712. The fourth-order valence-electron chi connectivity index (χ4n) is 3.94. The Balaban J connectivity index is 1.51. The first kappa shape index (κ1) is 19.2. The lowest BCUT2D eigenvalue weighted by atomic mass is 9.92. The topological polar surface area (TPSA) is 107 Å². The van der Waals surface area contributed by atoms with E-state index in [2.05, 4.69) is 20.6 Å². The number of anilines is 2. The van der Waals surface area contributed by atoms with Crippen LogP contribution in [0.4, 0.5) is 11.8 Å². The lowest BCUT2D eigenvalue weighted by molar-refractivity contribution is -0.126. The summed E-state index contributed by atoms with van der Waals surface area (Å²) in [6, 6.07) is 9.82. The van der Waals surface area contributed by atoms with E-state index in [4.69, 9.17) is 0 Å². The molecule has 0 unspecified atom stereocenters. The molecule has 3 N–H and O–H groups in total. The zero-order valence-corrected chi connectivity index (χ0v) is 16.2. The van der Waals surface area contributed by atoms with Gasteiger partial charge in [0.05, 0.1) is 11.5 Å². The van der Waals surface area contributed by atoms with E-state index in [9.17, 15) is 14.4 Å². The van der Waals surface area contributed by atoms with E-state index in [1.165, 1.54) is 0 Å². The maximum Gasteiger partial charge on any atom is 0.258 e. The Labute approximate surface area is 168 Å². The third-order valence-corrected chi connectivity index (χ3v) is 5.47. The zero-order chi connectivity index (χ0) is 20.2. The molecule has 2 amide bonds. The summed E-state index contributed by atoms with van der Waals surface area (Å²) in [5.74, 6) is -0.799. The van der Waals surface area contributed by atoms with Crippen LogP contribution in [-0.4, -0.2) is 41.4 Å². The molecule has 2 aromatic rings. The van der Waals surface area contributed by atoms with E-state index in [1.807, 2.05) is 35.2 Å². The van der Waals surface area contributed by atoms with Crippen LogP contribution in [0.15, 0.2) is 35.1 Å². The summed E-state index contributed by atoms with van der Waals surface area (Å²) >= 11 is 0. The lowest BCUT2D eigenvalue weighted by Crippen LogP contribution is -2.41. The van der Waals surface area contributed by atoms with Crippen LogP contribution in [0.1, 0.15) is 42.7 Å².